The van der Waals surface area contributed by atoms with E-state index in [1.165, 1.54) is 0 Å². The zero-order valence-corrected chi connectivity index (χ0v) is 11.3. The highest BCUT2D eigenvalue weighted by Crippen LogP contribution is 2.08. The number of aromatic nitrogens is 1. The predicted molar refractivity (Wildman–Crippen MR) is 77.2 cm³/mol. The summed E-state index contributed by atoms with van der Waals surface area (Å²) in [6, 6.07) is 16.0. The molecular formula is C16H20N2O. The smallest absolute Gasteiger partial charge is 0.119 e. The summed E-state index contributed by atoms with van der Waals surface area (Å²) in [6.45, 7) is 4.49. The van der Waals surface area contributed by atoms with Gasteiger partial charge in [0.05, 0.1) is 12.3 Å². The maximum absolute atomic E-state index is 5.62. The van der Waals surface area contributed by atoms with Crippen LogP contribution in [0.2, 0.25) is 0 Å². The number of nitrogens with zero attached hydrogens (tertiary/aromatic N) is 1. The van der Waals surface area contributed by atoms with Crippen LogP contribution in [0, 0.1) is 6.92 Å². The molecule has 1 aromatic heterocycles. The van der Waals surface area contributed by atoms with E-state index in [1.807, 2.05) is 55.5 Å². The van der Waals surface area contributed by atoms with Crippen LogP contribution >= 0.6 is 0 Å². The standard InChI is InChI=1S/C16H20N2O/c1-14-7-5-8-15(18-14)13-17-11-6-12-19-16-9-3-2-4-10-16/h2-5,7-10,17H,6,11-13H2,1H3. The summed E-state index contributed by atoms with van der Waals surface area (Å²) in [5.74, 6) is 0.933. The lowest BCUT2D eigenvalue weighted by Gasteiger charge is -2.07. The highest BCUT2D eigenvalue weighted by Gasteiger charge is 1.95. The van der Waals surface area contributed by atoms with Crippen LogP contribution in [-0.4, -0.2) is 18.1 Å². The molecule has 100 valence electrons. The molecular weight excluding hydrogens is 236 g/mol. The van der Waals surface area contributed by atoms with Crippen molar-refractivity contribution in [1.29, 1.82) is 0 Å². The molecule has 1 aromatic carbocycles. The van der Waals surface area contributed by atoms with Crippen LogP contribution in [0.15, 0.2) is 48.5 Å². The Labute approximate surface area is 114 Å². The Balaban J connectivity index is 1.58. The van der Waals surface area contributed by atoms with Crippen LogP contribution in [0.3, 0.4) is 0 Å². The molecule has 3 nitrogen and oxygen atoms in total. The average Bonchev–Trinajstić information content (AvgIpc) is 2.44. The highest BCUT2D eigenvalue weighted by molar-refractivity contribution is 5.20. The summed E-state index contributed by atoms with van der Waals surface area (Å²) in [5.41, 5.74) is 2.15. The SMILES string of the molecule is Cc1cccc(CNCCCOc2ccccc2)n1. The van der Waals surface area contributed by atoms with E-state index in [-0.39, 0.29) is 0 Å². The highest BCUT2D eigenvalue weighted by atomic mass is 16.5. The zero-order chi connectivity index (χ0) is 13.3. The van der Waals surface area contributed by atoms with Crippen LogP contribution in [0.4, 0.5) is 0 Å². The van der Waals surface area contributed by atoms with Crippen LogP contribution in [-0.2, 0) is 6.54 Å². The number of benzene rings is 1. The Morgan fingerprint density at radius 3 is 2.68 bits per heavy atom. The molecule has 0 aliphatic carbocycles. The second-order valence-electron chi connectivity index (χ2n) is 4.46. The van der Waals surface area contributed by atoms with Gasteiger partial charge in [0.2, 0.25) is 0 Å². The van der Waals surface area contributed by atoms with E-state index in [2.05, 4.69) is 10.3 Å². The number of hydrogen-bond acceptors (Lipinski definition) is 3. The minimum absolute atomic E-state index is 0.734. The Kier molecular flexibility index (Phi) is 5.38. The fourth-order valence-corrected chi connectivity index (χ4v) is 1.82. The second-order valence-corrected chi connectivity index (χ2v) is 4.46. The van der Waals surface area contributed by atoms with Gasteiger partial charge in [-0.15, -0.1) is 0 Å². The molecule has 0 saturated heterocycles. The first kappa shape index (κ1) is 13.6. The first-order valence-electron chi connectivity index (χ1n) is 6.66. The number of pyridine rings is 1. The Hall–Kier alpha value is -1.87. The number of aryl methyl sites for hydroxylation is 1. The molecule has 0 saturated carbocycles. The van der Waals surface area contributed by atoms with E-state index in [4.69, 9.17) is 4.74 Å². The third-order valence-electron chi connectivity index (χ3n) is 2.76. The lowest BCUT2D eigenvalue weighted by Crippen LogP contribution is -2.17. The minimum atomic E-state index is 0.734. The number of nitrogens with one attached hydrogen (secondary N) is 1. The molecule has 1 heterocycles. The van der Waals surface area contributed by atoms with Gasteiger partial charge in [-0.05, 0) is 44.2 Å². The first-order chi connectivity index (χ1) is 9.34. The molecule has 0 aliphatic heterocycles. The van der Waals surface area contributed by atoms with E-state index in [1.54, 1.807) is 0 Å². The molecule has 3 heteroatoms. The zero-order valence-electron chi connectivity index (χ0n) is 11.3. The molecule has 0 bridgehead atoms. The van der Waals surface area contributed by atoms with Gasteiger partial charge in [-0.2, -0.15) is 0 Å². The van der Waals surface area contributed by atoms with Crippen molar-refractivity contribution >= 4 is 0 Å². The van der Waals surface area contributed by atoms with Gasteiger partial charge in [0.15, 0.2) is 0 Å². The number of ether oxygens (including phenoxy) is 1. The number of hydrogen-bond donors (Lipinski definition) is 1. The summed E-state index contributed by atoms with van der Waals surface area (Å²) >= 11 is 0. The van der Waals surface area contributed by atoms with Crippen LogP contribution in [0.5, 0.6) is 5.75 Å². The van der Waals surface area contributed by atoms with Crippen LogP contribution in [0.1, 0.15) is 17.8 Å². The predicted octanol–water partition coefficient (Wildman–Crippen LogP) is 2.95. The molecule has 0 spiro atoms. The van der Waals surface area contributed by atoms with Gasteiger partial charge < -0.3 is 10.1 Å². The quantitative estimate of drug-likeness (QED) is 0.773. The lowest BCUT2D eigenvalue weighted by molar-refractivity contribution is 0.308. The molecule has 0 aliphatic rings. The third kappa shape index (κ3) is 5.10. The molecule has 0 amide bonds. The van der Waals surface area contributed by atoms with Crippen LogP contribution < -0.4 is 10.1 Å². The maximum atomic E-state index is 5.62. The minimum Gasteiger partial charge on any atom is -0.494 e. The average molecular weight is 256 g/mol. The summed E-state index contributed by atoms with van der Waals surface area (Å²) in [5, 5.41) is 3.37. The number of rotatable bonds is 7. The fraction of sp³-hybridized carbons (Fsp3) is 0.312. The summed E-state index contributed by atoms with van der Waals surface area (Å²) in [4.78, 5) is 4.44. The van der Waals surface area contributed by atoms with Gasteiger partial charge in [-0.3, -0.25) is 4.98 Å². The van der Waals surface area contributed by atoms with Crippen LogP contribution in [0.25, 0.3) is 0 Å². The normalized spacial score (nSPS) is 10.4. The van der Waals surface area contributed by atoms with Crippen molar-refractivity contribution in [3.05, 3.63) is 59.9 Å². The molecule has 0 atom stereocenters. The van der Waals surface area contributed by atoms with Crippen molar-refractivity contribution in [2.24, 2.45) is 0 Å². The Morgan fingerprint density at radius 2 is 1.89 bits per heavy atom. The lowest BCUT2D eigenvalue weighted by atomic mass is 10.3. The third-order valence-corrected chi connectivity index (χ3v) is 2.76. The fourth-order valence-electron chi connectivity index (χ4n) is 1.82. The summed E-state index contributed by atoms with van der Waals surface area (Å²) < 4.78 is 5.62. The molecule has 1 N–H and O–H groups in total. The van der Waals surface area contributed by atoms with Gasteiger partial charge >= 0.3 is 0 Å². The Bertz CT molecular complexity index is 485. The largest absolute Gasteiger partial charge is 0.494 e. The molecule has 2 aromatic rings. The van der Waals surface area contributed by atoms with Crippen molar-refractivity contribution in [1.82, 2.24) is 10.3 Å². The van der Waals surface area contributed by atoms with Gasteiger partial charge in [0.25, 0.3) is 0 Å². The van der Waals surface area contributed by atoms with E-state index in [9.17, 15) is 0 Å². The monoisotopic (exact) mass is 256 g/mol. The van der Waals surface area contributed by atoms with Gasteiger partial charge in [0, 0.05) is 12.2 Å². The van der Waals surface area contributed by atoms with Crippen molar-refractivity contribution in [2.75, 3.05) is 13.2 Å². The maximum Gasteiger partial charge on any atom is 0.119 e. The van der Waals surface area contributed by atoms with E-state index in [0.717, 1.165) is 43.3 Å². The van der Waals surface area contributed by atoms with Gasteiger partial charge in [0.1, 0.15) is 5.75 Å². The van der Waals surface area contributed by atoms with Crippen molar-refractivity contribution < 1.29 is 4.74 Å². The summed E-state index contributed by atoms with van der Waals surface area (Å²) in [6.07, 6.45) is 0.987. The topological polar surface area (TPSA) is 34.1 Å². The second kappa shape index (κ2) is 7.54. The van der Waals surface area contributed by atoms with E-state index in [0.29, 0.717) is 0 Å². The molecule has 0 radical (unpaired) electrons. The first-order valence-corrected chi connectivity index (χ1v) is 6.66. The van der Waals surface area contributed by atoms with Crippen molar-refractivity contribution in [3.8, 4) is 5.75 Å². The van der Waals surface area contributed by atoms with Crippen molar-refractivity contribution in [2.45, 2.75) is 19.9 Å². The molecule has 0 fully saturated rings. The Morgan fingerprint density at radius 1 is 1.05 bits per heavy atom. The summed E-state index contributed by atoms with van der Waals surface area (Å²) in [7, 11) is 0. The van der Waals surface area contributed by atoms with E-state index < -0.39 is 0 Å². The number of para-hydroxylation sites is 1. The molecule has 0 unspecified atom stereocenters. The molecule has 2 rings (SSSR count). The van der Waals surface area contributed by atoms with E-state index >= 15 is 0 Å². The van der Waals surface area contributed by atoms with Crippen molar-refractivity contribution in [3.63, 3.8) is 0 Å². The molecule has 19 heavy (non-hydrogen) atoms. The van der Waals surface area contributed by atoms with Gasteiger partial charge in [-0.1, -0.05) is 24.3 Å². The van der Waals surface area contributed by atoms with Gasteiger partial charge in [-0.25, -0.2) is 0 Å².